The van der Waals surface area contributed by atoms with Gasteiger partial charge in [0, 0.05) is 18.9 Å². The molecule has 0 saturated carbocycles. The number of carboxylic acid groups (broad SMARTS) is 1. The maximum Gasteiger partial charge on any atom is 0.325 e. The lowest BCUT2D eigenvalue weighted by atomic mass is 10.0. The van der Waals surface area contributed by atoms with Crippen molar-refractivity contribution in [1.82, 2.24) is 14.5 Å². The second-order valence-electron chi connectivity index (χ2n) is 5.69. The molecule has 1 atom stereocenters. The topological polar surface area (TPSA) is 76.8 Å². The number of hydrogen-bond acceptors (Lipinski definition) is 5. The highest BCUT2D eigenvalue weighted by molar-refractivity contribution is 5.76. The second kappa shape index (κ2) is 6.92. The Morgan fingerprint density at radius 2 is 2.12 bits per heavy atom. The highest BCUT2D eigenvalue weighted by atomic mass is 16.6. The van der Waals surface area contributed by atoms with Gasteiger partial charge in [0.25, 0.3) is 0 Å². The summed E-state index contributed by atoms with van der Waals surface area (Å²) in [7, 11) is 1.78. The fraction of sp³-hybridized carbons (Fsp3) is 0.412. The first-order chi connectivity index (χ1) is 11.6. The van der Waals surface area contributed by atoms with Gasteiger partial charge in [-0.15, -0.1) is 0 Å². The summed E-state index contributed by atoms with van der Waals surface area (Å²) in [6, 6.07) is 4.49. The first-order valence-electron chi connectivity index (χ1n) is 7.92. The molecule has 0 aliphatic carbocycles. The number of aromatic nitrogens is 2. The van der Waals surface area contributed by atoms with E-state index in [1.54, 1.807) is 36.3 Å². The van der Waals surface area contributed by atoms with Crippen LogP contribution in [0.3, 0.4) is 0 Å². The van der Waals surface area contributed by atoms with E-state index >= 15 is 0 Å². The van der Waals surface area contributed by atoms with Gasteiger partial charge in [-0.1, -0.05) is 6.07 Å². The first-order valence-corrected chi connectivity index (χ1v) is 7.92. The van der Waals surface area contributed by atoms with Crippen LogP contribution in [0.25, 0.3) is 0 Å². The van der Waals surface area contributed by atoms with Gasteiger partial charge in [-0.05, 0) is 31.7 Å². The molecule has 0 radical (unpaired) electrons. The van der Waals surface area contributed by atoms with Gasteiger partial charge in [-0.25, -0.2) is 4.98 Å². The van der Waals surface area contributed by atoms with Crippen LogP contribution in [0.4, 0.5) is 0 Å². The molecule has 3 rings (SSSR count). The maximum atomic E-state index is 11.9. The van der Waals surface area contributed by atoms with Crippen molar-refractivity contribution in [2.75, 3.05) is 20.3 Å². The average Bonchev–Trinajstić information content (AvgIpc) is 3.01. The van der Waals surface area contributed by atoms with Gasteiger partial charge in [0.05, 0.1) is 6.54 Å². The lowest BCUT2D eigenvalue weighted by molar-refractivity contribution is -0.143. The van der Waals surface area contributed by atoms with Gasteiger partial charge >= 0.3 is 5.97 Å². The number of fused-ring (bicyclic) bond motifs is 1. The van der Waals surface area contributed by atoms with E-state index in [-0.39, 0.29) is 0 Å². The molecule has 1 aromatic carbocycles. The number of imidazole rings is 1. The predicted octanol–water partition coefficient (Wildman–Crippen LogP) is 1.93. The van der Waals surface area contributed by atoms with Crippen molar-refractivity contribution >= 4 is 5.97 Å². The fourth-order valence-electron chi connectivity index (χ4n) is 2.91. The number of carboxylic acids is 1. The average molecular weight is 331 g/mol. The van der Waals surface area contributed by atoms with Crippen molar-refractivity contribution < 1.29 is 19.4 Å². The van der Waals surface area contributed by atoms with Crippen molar-refractivity contribution in [3.63, 3.8) is 0 Å². The first kappa shape index (κ1) is 16.3. The highest BCUT2D eigenvalue weighted by Gasteiger charge is 2.27. The van der Waals surface area contributed by atoms with Gasteiger partial charge in [-0.3, -0.25) is 9.69 Å². The molecule has 0 bridgehead atoms. The van der Waals surface area contributed by atoms with E-state index in [4.69, 9.17) is 9.47 Å². The molecule has 24 heavy (non-hydrogen) atoms. The third-order valence-electron chi connectivity index (χ3n) is 4.09. The summed E-state index contributed by atoms with van der Waals surface area (Å²) in [5.41, 5.74) is 0.656. The number of aliphatic carboxylic acids is 1. The Balaban J connectivity index is 1.85. The Bertz CT molecular complexity index is 728. The van der Waals surface area contributed by atoms with Gasteiger partial charge in [0.2, 0.25) is 0 Å². The Hall–Kier alpha value is -2.54. The number of hydrogen-bond donors (Lipinski definition) is 1. The number of rotatable bonds is 6. The standard InChI is InChI=1S/C17H21N3O4/c1-3-20-7-6-18-15(20)11-19(2)16(17(21)22)12-4-5-13-14(10-12)24-9-8-23-13/h4-7,10,16H,3,8-9,11H2,1-2H3,(H,21,22). The van der Waals surface area contributed by atoms with Crippen LogP contribution in [-0.4, -0.2) is 45.8 Å². The highest BCUT2D eigenvalue weighted by Crippen LogP contribution is 2.34. The Labute approximate surface area is 140 Å². The third kappa shape index (κ3) is 3.21. The molecular formula is C17H21N3O4. The normalized spacial score (nSPS) is 14.6. The van der Waals surface area contributed by atoms with E-state index in [1.165, 1.54) is 0 Å². The molecule has 1 aliphatic heterocycles. The minimum absolute atomic E-state index is 0.437. The van der Waals surface area contributed by atoms with Crippen molar-refractivity contribution in [1.29, 1.82) is 0 Å². The minimum Gasteiger partial charge on any atom is -0.486 e. The van der Waals surface area contributed by atoms with Gasteiger partial charge in [-0.2, -0.15) is 0 Å². The molecule has 0 spiro atoms. The number of likely N-dealkylation sites (N-methyl/N-ethyl adjacent to an activating group) is 1. The monoisotopic (exact) mass is 331 g/mol. The van der Waals surface area contributed by atoms with E-state index < -0.39 is 12.0 Å². The van der Waals surface area contributed by atoms with Crippen molar-refractivity contribution in [3.8, 4) is 11.5 Å². The third-order valence-corrected chi connectivity index (χ3v) is 4.09. The lowest BCUT2D eigenvalue weighted by Gasteiger charge is -2.26. The van der Waals surface area contributed by atoms with Crippen LogP contribution in [0.5, 0.6) is 11.5 Å². The largest absolute Gasteiger partial charge is 0.486 e. The zero-order chi connectivity index (χ0) is 17.1. The fourth-order valence-corrected chi connectivity index (χ4v) is 2.91. The number of ether oxygens (including phenoxy) is 2. The van der Waals surface area contributed by atoms with Crippen LogP contribution in [-0.2, 0) is 17.9 Å². The maximum absolute atomic E-state index is 11.9. The summed E-state index contributed by atoms with van der Waals surface area (Å²) in [5.74, 6) is 1.17. The zero-order valence-electron chi connectivity index (χ0n) is 13.8. The smallest absolute Gasteiger partial charge is 0.325 e. The van der Waals surface area contributed by atoms with Gasteiger partial charge < -0.3 is 19.1 Å². The minimum atomic E-state index is -0.913. The van der Waals surface area contributed by atoms with Gasteiger partial charge in [0.1, 0.15) is 25.1 Å². The molecule has 2 heterocycles. The van der Waals surface area contributed by atoms with E-state index in [9.17, 15) is 9.90 Å². The van der Waals surface area contributed by atoms with Crippen LogP contribution >= 0.6 is 0 Å². The summed E-state index contributed by atoms with van der Waals surface area (Å²) in [6.45, 7) is 4.24. The van der Waals surface area contributed by atoms with Crippen molar-refractivity contribution in [2.24, 2.45) is 0 Å². The van der Waals surface area contributed by atoms with Gasteiger partial charge in [0.15, 0.2) is 11.5 Å². The molecule has 1 N–H and O–H groups in total. The molecule has 1 aromatic heterocycles. The molecule has 0 saturated heterocycles. The molecule has 0 fully saturated rings. The number of carbonyl (C=O) groups is 1. The predicted molar refractivity (Wildman–Crippen MR) is 87.2 cm³/mol. The number of aryl methyl sites for hydroxylation is 1. The lowest BCUT2D eigenvalue weighted by Crippen LogP contribution is -2.31. The van der Waals surface area contributed by atoms with Crippen LogP contribution < -0.4 is 9.47 Å². The Kier molecular flexibility index (Phi) is 4.71. The van der Waals surface area contributed by atoms with E-state index in [0.29, 0.717) is 36.8 Å². The van der Waals surface area contributed by atoms with E-state index in [2.05, 4.69) is 4.98 Å². The summed E-state index contributed by atoms with van der Waals surface area (Å²) in [4.78, 5) is 17.9. The summed E-state index contributed by atoms with van der Waals surface area (Å²) < 4.78 is 13.1. The Morgan fingerprint density at radius 3 is 2.83 bits per heavy atom. The molecule has 1 unspecified atom stereocenters. The van der Waals surface area contributed by atoms with Crippen LogP contribution in [0, 0.1) is 0 Å². The molecule has 7 heteroatoms. The Morgan fingerprint density at radius 1 is 1.38 bits per heavy atom. The zero-order valence-corrected chi connectivity index (χ0v) is 13.8. The van der Waals surface area contributed by atoms with Crippen LogP contribution in [0.15, 0.2) is 30.6 Å². The van der Waals surface area contributed by atoms with E-state index in [0.717, 1.165) is 12.4 Å². The van der Waals surface area contributed by atoms with Crippen molar-refractivity contribution in [2.45, 2.75) is 26.1 Å². The molecule has 2 aromatic rings. The SMILES string of the molecule is CCn1ccnc1CN(C)C(C(=O)O)c1ccc2c(c1)OCCO2. The number of benzene rings is 1. The second-order valence-corrected chi connectivity index (χ2v) is 5.69. The quantitative estimate of drug-likeness (QED) is 0.871. The molecule has 1 aliphatic rings. The molecule has 128 valence electrons. The summed E-state index contributed by atoms with van der Waals surface area (Å²) >= 11 is 0. The van der Waals surface area contributed by atoms with Crippen LogP contribution in [0.2, 0.25) is 0 Å². The van der Waals surface area contributed by atoms with Crippen LogP contribution in [0.1, 0.15) is 24.4 Å². The molecule has 7 nitrogen and oxygen atoms in total. The van der Waals surface area contributed by atoms with E-state index in [1.807, 2.05) is 17.7 Å². The number of nitrogens with zero attached hydrogens (tertiary/aromatic N) is 3. The summed E-state index contributed by atoms with van der Waals surface area (Å²) in [6.07, 6.45) is 3.62. The molecule has 0 amide bonds. The van der Waals surface area contributed by atoms with Crippen molar-refractivity contribution in [3.05, 3.63) is 42.0 Å². The summed E-state index contributed by atoms with van der Waals surface area (Å²) in [5, 5.41) is 9.72. The molecular weight excluding hydrogens is 310 g/mol.